The number of nitrogens with one attached hydrogen (secondary N) is 1. The van der Waals surface area contributed by atoms with Gasteiger partial charge in [0.15, 0.2) is 5.69 Å². The number of aromatic nitrogens is 2. The number of nitrogens with zero attached hydrogens (tertiary/aromatic N) is 3. The zero-order chi connectivity index (χ0) is 24.2. The molecule has 0 unspecified atom stereocenters. The van der Waals surface area contributed by atoms with E-state index in [9.17, 15) is 14.4 Å². The first kappa shape index (κ1) is 22.5. The Labute approximate surface area is 203 Å². The number of carbonyl (C=O) groups excluding carboxylic acids is 2. The van der Waals surface area contributed by atoms with Gasteiger partial charge in [0.05, 0.1) is 11.9 Å². The molecule has 0 atom stereocenters. The number of amides is 2. The molecule has 4 aromatic rings. The van der Waals surface area contributed by atoms with Crippen molar-refractivity contribution in [1.29, 1.82) is 0 Å². The summed E-state index contributed by atoms with van der Waals surface area (Å²) in [6, 6.07) is 23.5. The lowest BCUT2D eigenvalue weighted by Crippen LogP contribution is -2.35. The van der Waals surface area contributed by atoms with Crippen LogP contribution in [0, 0.1) is 0 Å². The molecule has 1 aliphatic rings. The maximum atomic E-state index is 13.3. The second-order valence-electron chi connectivity index (χ2n) is 8.73. The van der Waals surface area contributed by atoms with E-state index in [1.54, 1.807) is 48.5 Å². The largest absolute Gasteiger partial charge is 0.339 e. The summed E-state index contributed by atoms with van der Waals surface area (Å²) >= 11 is 0. The Hall–Kier alpha value is -4.26. The lowest BCUT2D eigenvalue weighted by Gasteiger charge is -2.26. The van der Waals surface area contributed by atoms with Gasteiger partial charge < -0.3 is 10.2 Å². The third-order valence-corrected chi connectivity index (χ3v) is 6.27. The maximum Gasteiger partial charge on any atom is 0.276 e. The van der Waals surface area contributed by atoms with Gasteiger partial charge in [-0.1, -0.05) is 54.6 Å². The molecule has 5 rings (SSSR count). The summed E-state index contributed by atoms with van der Waals surface area (Å²) in [6.07, 6.45) is 3.17. The molecule has 1 N–H and O–H groups in total. The fourth-order valence-electron chi connectivity index (χ4n) is 4.47. The third kappa shape index (κ3) is 4.84. The number of likely N-dealkylation sites (tertiary alicyclic amines) is 1. The van der Waals surface area contributed by atoms with Gasteiger partial charge in [-0.3, -0.25) is 14.4 Å². The van der Waals surface area contributed by atoms with Gasteiger partial charge in [0.1, 0.15) is 0 Å². The normalized spacial score (nSPS) is 13.5. The Bertz CT molecular complexity index is 1440. The van der Waals surface area contributed by atoms with E-state index in [1.807, 2.05) is 35.2 Å². The molecule has 1 aliphatic heterocycles. The van der Waals surface area contributed by atoms with E-state index in [4.69, 9.17) is 0 Å². The van der Waals surface area contributed by atoms with Gasteiger partial charge in [-0.25, -0.2) is 4.68 Å². The molecule has 1 saturated heterocycles. The molecule has 0 saturated carbocycles. The molecule has 7 heteroatoms. The Kier molecular flexibility index (Phi) is 6.39. The SMILES string of the molecule is O=C(Nc1cccc(C(=O)N2CCCCC2)c1)c1nn(Cc2ccccc2)c(=O)c2ccccc12. The van der Waals surface area contributed by atoms with Crippen LogP contribution in [-0.2, 0) is 6.54 Å². The number of hydrogen-bond donors (Lipinski definition) is 1. The van der Waals surface area contributed by atoms with Crippen molar-refractivity contribution in [2.75, 3.05) is 18.4 Å². The van der Waals surface area contributed by atoms with Gasteiger partial charge in [-0.05, 0) is 49.1 Å². The smallest absolute Gasteiger partial charge is 0.276 e. The first-order valence-electron chi connectivity index (χ1n) is 11.8. The lowest BCUT2D eigenvalue weighted by atomic mass is 10.1. The standard InChI is InChI=1S/C28H26N4O3/c33-26(29-22-13-9-12-21(18-22)27(34)31-16-7-2-8-17-31)25-23-14-5-6-15-24(23)28(35)32(30-25)19-20-10-3-1-4-11-20/h1,3-6,9-15,18H,2,7-8,16-17,19H2,(H,29,33). The monoisotopic (exact) mass is 466 g/mol. The highest BCUT2D eigenvalue weighted by Gasteiger charge is 2.20. The molecule has 7 nitrogen and oxygen atoms in total. The van der Waals surface area contributed by atoms with Crippen molar-refractivity contribution in [2.24, 2.45) is 0 Å². The minimum absolute atomic E-state index is 0.0271. The Morgan fingerprint density at radius 2 is 1.54 bits per heavy atom. The maximum absolute atomic E-state index is 13.3. The van der Waals surface area contributed by atoms with E-state index in [1.165, 1.54) is 4.68 Å². The lowest BCUT2D eigenvalue weighted by molar-refractivity contribution is 0.0724. The zero-order valence-electron chi connectivity index (χ0n) is 19.3. The molecule has 0 aliphatic carbocycles. The van der Waals surface area contributed by atoms with Gasteiger partial charge in [-0.15, -0.1) is 0 Å². The molecule has 0 spiro atoms. The van der Waals surface area contributed by atoms with Crippen LogP contribution in [0.4, 0.5) is 5.69 Å². The first-order chi connectivity index (χ1) is 17.1. The Morgan fingerprint density at radius 1 is 0.829 bits per heavy atom. The predicted molar refractivity (Wildman–Crippen MR) is 136 cm³/mol. The zero-order valence-corrected chi connectivity index (χ0v) is 19.3. The summed E-state index contributed by atoms with van der Waals surface area (Å²) in [5.74, 6) is -0.466. The first-order valence-corrected chi connectivity index (χ1v) is 11.8. The molecule has 0 bridgehead atoms. The van der Waals surface area contributed by atoms with Crippen LogP contribution in [0.3, 0.4) is 0 Å². The van der Waals surface area contributed by atoms with Crippen molar-refractivity contribution in [3.8, 4) is 0 Å². The number of anilines is 1. The summed E-state index contributed by atoms with van der Waals surface area (Å²) < 4.78 is 1.32. The Morgan fingerprint density at radius 3 is 2.31 bits per heavy atom. The Balaban J connectivity index is 1.45. The van der Waals surface area contributed by atoms with E-state index in [-0.39, 0.29) is 23.7 Å². The molecule has 2 heterocycles. The van der Waals surface area contributed by atoms with Crippen molar-refractivity contribution in [2.45, 2.75) is 25.8 Å². The van der Waals surface area contributed by atoms with Crippen LogP contribution in [0.2, 0.25) is 0 Å². The van der Waals surface area contributed by atoms with E-state index in [2.05, 4.69) is 10.4 Å². The van der Waals surface area contributed by atoms with Crippen LogP contribution in [0.5, 0.6) is 0 Å². The predicted octanol–water partition coefficient (Wildman–Crippen LogP) is 4.32. The highest BCUT2D eigenvalue weighted by Crippen LogP contribution is 2.19. The second kappa shape index (κ2) is 9.93. The number of hydrogen-bond acceptors (Lipinski definition) is 4. The highest BCUT2D eigenvalue weighted by atomic mass is 16.2. The fourth-order valence-corrected chi connectivity index (χ4v) is 4.47. The summed E-state index contributed by atoms with van der Waals surface area (Å²) in [6.45, 7) is 1.77. The van der Waals surface area contributed by atoms with Crippen LogP contribution < -0.4 is 10.9 Å². The summed E-state index contributed by atoms with van der Waals surface area (Å²) in [7, 11) is 0. The molecular formula is C28H26N4O3. The molecule has 3 aromatic carbocycles. The minimum Gasteiger partial charge on any atom is -0.339 e. The molecule has 35 heavy (non-hydrogen) atoms. The number of piperidine rings is 1. The quantitative estimate of drug-likeness (QED) is 0.475. The highest BCUT2D eigenvalue weighted by molar-refractivity contribution is 6.11. The van der Waals surface area contributed by atoms with E-state index in [0.717, 1.165) is 37.9 Å². The van der Waals surface area contributed by atoms with Gasteiger partial charge in [-0.2, -0.15) is 5.10 Å². The molecule has 176 valence electrons. The van der Waals surface area contributed by atoms with Gasteiger partial charge >= 0.3 is 0 Å². The van der Waals surface area contributed by atoms with Gasteiger partial charge in [0.25, 0.3) is 17.4 Å². The summed E-state index contributed by atoms with van der Waals surface area (Å²) in [5.41, 5.74) is 1.85. The molecular weight excluding hydrogens is 440 g/mol. The molecule has 2 amide bonds. The van der Waals surface area contributed by atoms with Crippen LogP contribution in [0.1, 0.15) is 45.7 Å². The summed E-state index contributed by atoms with van der Waals surface area (Å²) in [4.78, 5) is 41.2. The number of benzene rings is 3. The summed E-state index contributed by atoms with van der Waals surface area (Å²) in [5, 5.41) is 8.23. The molecule has 0 radical (unpaired) electrons. The van der Waals surface area contributed by atoms with Gasteiger partial charge in [0.2, 0.25) is 0 Å². The van der Waals surface area contributed by atoms with Crippen molar-refractivity contribution >= 4 is 28.3 Å². The van der Waals surface area contributed by atoms with Crippen LogP contribution in [0.15, 0.2) is 83.7 Å². The topological polar surface area (TPSA) is 84.3 Å². The molecule has 1 fully saturated rings. The van der Waals surface area contributed by atoms with Crippen LogP contribution in [-0.4, -0.2) is 39.6 Å². The number of carbonyl (C=O) groups is 2. The third-order valence-electron chi connectivity index (χ3n) is 6.27. The number of fused-ring (bicyclic) bond motifs is 1. The van der Waals surface area contributed by atoms with Crippen LogP contribution in [0.25, 0.3) is 10.8 Å². The van der Waals surface area contributed by atoms with Crippen molar-refractivity contribution in [3.05, 3.63) is 106 Å². The number of rotatable bonds is 5. The van der Waals surface area contributed by atoms with Crippen molar-refractivity contribution in [1.82, 2.24) is 14.7 Å². The molecule has 1 aromatic heterocycles. The van der Waals surface area contributed by atoms with Crippen LogP contribution >= 0.6 is 0 Å². The second-order valence-corrected chi connectivity index (χ2v) is 8.73. The fraction of sp³-hybridized carbons (Fsp3) is 0.214. The van der Waals surface area contributed by atoms with Crippen molar-refractivity contribution in [3.63, 3.8) is 0 Å². The average Bonchev–Trinajstić information content (AvgIpc) is 2.91. The van der Waals surface area contributed by atoms with E-state index >= 15 is 0 Å². The average molecular weight is 467 g/mol. The van der Waals surface area contributed by atoms with E-state index in [0.29, 0.717) is 22.0 Å². The van der Waals surface area contributed by atoms with Gasteiger partial charge in [0, 0.05) is 29.7 Å². The minimum atomic E-state index is -0.439. The van der Waals surface area contributed by atoms with E-state index < -0.39 is 5.91 Å². The van der Waals surface area contributed by atoms with Crippen molar-refractivity contribution < 1.29 is 9.59 Å².